The summed E-state index contributed by atoms with van der Waals surface area (Å²) < 4.78 is 22.9. The van der Waals surface area contributed by atoms with Crippen LogP contribution in [0, 0.1) is 0 Å². The lowest BCUT2D eigenvalue weighted by Gasteiger charge is -2.35. The highest BCUT2D eigenvalue weighted by Gasteiger charge is 2.31. The van der Waals surface area contributed by atoms with E-state index >= 15 is 0 Å². The molecule has 1 rings (SSSR count). The molecule has 106 valence electrons. The third-order valence-electron chi connectivity index (χ3n) is 3.39. The van der Waals surface area contributed by atoms with Crippen LogP contribution in [0.4, 0.5) is 0 Å². The number of hydrogen-bond donors (Lipinski definition) is 2. The summed E-state index contributed by atoms with van der Waals surface area (Å²) in [6.45, 7) is 3.78. The molecular formula is C11H22N2O4S. The van der Waals surface area contributed by atoms with E-state index in [1.54, 1.807) is 20.9 Å². The van der Waals surface area contributed by atoms with Crippen LogP contribution in [0.1, 0.15) is 20.3 Å². The van der Waals surface area contributed by atoms with Crippen molar-refractivity contribution in [2.24, 2.45) is 0 Å². The monoisotopic (exact) mass is 278 g/mol. The number of aliphatic hydroxyl groups excluding tert-OH is 1. The largest absolute Gasteiger partial charge is 0.394 e. The summed E-state index contributed by atoms with van der Waals surface area (Å²) in [5, 5.41) is 12.2. The lowest BCUT2D eigenvalue weighted by molar-refractivity contribution is -0.136. The quantitative estimate of drug-likeness (QED) is 0.688. The first-order valence-electron chi connectivity index (χ1n) is 5.99. The van der Waals surface area contributed by atoms with Crippen LogP contribution in [0.25, 0.3) is 0 Å². The van der Waals surface area contributed by atoms with Gasteiger partial charge in [0.2, 0.25) is 5.91 Å². The van der Waals surface area contributed by atoms with Crippen molar-refractivity contribution in [3.63, 3.8) is 0 Å². The summed E-state index contributed by atoms with van der Waals surface area (Å²) in [6, 6.07) is -0.326. The summed E-state index contributed by atoms with van der Waals surface area (Å²) in [4.78, 5) is 13.5. The molecule has 1 aliphatic heterocycles. The Kier molecular flexibility index (Phi) is 4.74. The Morgan fingerprint density at radius 3 is 2.61 bits per heavy atom. The van der Waals surface area contributed by atoms with Crippen molar-refractivity contribution < 1.29 is 18.3 Å². The van der Waals surface area contributed by atoms with Gasteiger partial charge in [-0.1, -0.05) is 0 Å². The lowest BCUT2D eigenvalue weighted by Crippen LogP contribution is -2.52. The highest BCUT2D eigenvalue weighted by molar-refractivity contribution is 7.91. The number of carbonyl (C=O) groups excluding carboxylic acids is 1. The lowest BCUT2D eigenvalue weighted by atomic mass is 10.0. The third-order valence-corrected chi connectivity index (χ3v) is 5.13. The minimum absolute atomic E-state index is 0.00608. The first-order valence-corrected chi connectivity index (χ1v) is 7.81. The maximum Gasteiger partial charge on any atom is 0.224 e. The first kappa shape index (κ1) is 15.4. The Balaban J connectivity index is 2.60. The molecule has 1 aliphatic rings. The number of sulfone groups is 1. The zero-order chi connectivity index (χ0) is 14.0. The van der Waals surface area contributed by atoms with Crippen LogP contribution in [0.15, 0.2) is 0 Å². The van der Waals surface area contributed by atoms with Gasteiger partial charge >= 0.3 is 0 Å². The van der Waals surface area contributed by atoms with Gasteiger partial charge in [-0.3, -0.25) is 4.79 Å². The summed E-state index contributed by atoms with van der Waals surface area (Å²) in [5.41, 5.74) is -0.634. The van der Waals surface area contributed by atoms with Gasteiger partial charge in [0.1, 0.15) is 0 Å². The van der Waals surface area contributed by atoms with E-state index in [2.05, 4.69) is 5.32 Å². The van der Waals surface area contributed by atoms with E-state index in [0.29, 0.717) is 6.54 Å². The highest BCUT2D eigenvalue weighted by Crippen LogP contribution is 2.14. The molecule has 1 atom stereocenters. The minimum atomic E-state index is -3.03. The maximum absolute atomic E-state index is 12.0. The average molecular weight is 278 g/mol. The standard InChI is InChI=1S/C11H22N2O4S/c1-11(2,8-14)13(3)10(15)6-9-7-18(16,17)5-4-12-9/h9,12,14H,4-8H2,1-3H3. The zero-order valence-corrected chi connectivity index (χ0v) is 12.0. The Hall–Kier alpha value is -0.660. The van der Waals surface area contributed by atoms with E-state index in [-0.39, 0.29) is 36.5 Å². The van der Waals surface area contributed by atoms with Gasteiger partial charge in [-0.15, -0.1) is 0 Å². The molecule has 0 radical (unpaired) electrons. The Morgan fingerprint density at radius 1 is 1.50 bits per heavy atom. The van der Waals surface area contributed by atoms with Crippen molar-refractivity contribution in [1.29, 1.82) is 0 Å². The molecule has 0 aromatic carbocycles. The van der Waals surface area contributed by atoms with Crippen LogP contribution in [0.3, 0.4) is 0 Å². The number of nitrogens with zero attached hydrogens (tertiary/aromatic N) is 1. The van der Waals surface area contributed by atoms with E-state index in [1.165, 1.54) is 4.90 Å². The van der Waals surface area contributed by atoms with E-state index in [0.717, 1.165) is 0 Å². The fourth-order valence-electron chi connectivity index (χ4n) is 1.79. The molecule has 1 fully saturated rings. The molecule has 1 saturated heterocycles. The number of carbonyl (C=O) groups is 1. The number of amides is 1. The molecule has 6 nitrogen and oxygen atoms in total. The third kappa shape index (κ3) is 3.93. The molecule has 0 aromatic heterocycles. The van der Waals surface area contributed by atoms with Crippen LogP contribution in [-0.2, 0) is 14.6 Å². The molecule has 2 N–H and O–H groups in total. The number of aliphatic hydroxyl groups is 1. The van der Waals surface area contributed by atoms with Gasteiger partial charge in [0, 0.05) is 26.1 Å². The fraction of sp³-hybridized carbons (Fsp3) is 0.909. The molecule has 18 heavy (non-hydrogen) atoms. The molecule has 1 unspecified atom stereocenters. The summed E-state index contributed by atoms with van der Waals surface area (Å²) in [5.74, 6) is -0.0226. The number of rotatable bonds is 4. The van der Waals surface area contributed by atoms with Gasteiger partial charge in [-0.2, -0.15) is 0 Å². The minimum Gasteiger partial charge on any atom is -0.394 e. The maximum atomic E-state index is 12.0. The Labute approximate surface area is 108 Å². The molecule has 1 heterocycles. The number of likely N-dealkylation sites (N-methyl/N-ethyl adjacent to an activating group) is 1. The van der Waals surface area contributed by atoms with Crippen LogP contribution in [0.2, 0.25) is 0 Å². The van der Waals surface area contributed by atoms with Crippen molar-refractivity contribution in [3.05, 3.63) is 0 Å². The topological polar surface area (TPSA) is 86.7 Å². The van der Waals surface area contributed by atoms with Gasteiger partial charge in [-0.05, 0) is 13.8 Å². The van der Waals surface area contributed by atoms with Gasteiger partial charge in [0.05, 0.1) is 23.7 Å². The van der Waals surface area contributed by atoms with Crippen LogP contribution >= 0.6 is 0 Å². The molecular weight excluding hydrogens is 256 g/mol. The van der Waals surface area contributed by atoms with Crippen LogP contribution in [0.5, 0.6) is 0 Å². The van der Waals surface area contributed by atoms with E-state index < -0.39 is 15.4 Å². The summed E-state index contributed by atoms with van der Waals surface area (Å²) >= 11 is 0. The normalized spacial score (nSPS) is 23.7. The van der Waals surface area contributed by atoms with Crippen molar-refractivity contribution in [1.82, 2.24) is 10.2 Å². The van der Waals surface area contributed by atoms with Gasteiger partial charge in [-0.25, -0.2) is 8.42 Å². The molecule has 0 spiro atoms. The first-order chi connectivity index (χ1) is 8.18. The molecule has 0 bridgehead atoms. The van der Waals surface area contributed by atoms with Crippen LogP contribution < -0.4 is 5.32 Å². The van der Waals surface area contributed by atoms with Gasteiger partial charge in [0.25, 0.3) is 0 Å². The highest BCUT2D eigenvalue weighted by atomic mass is 32.2. The van der Waals surface area contributed by atoms with E-state index in [4.69, 9.17) is 0 Å². The molecule has 0 aliphatic carbocycles. The Morgan fingerprint density at radius 2 is 2.11 bits per heavy atom. The predicted octanol–water partition coefficient (Wildman–Crippen LogP) is -1.01. The second-order valence-electron chi connectivity index (χ2n) is 5.39. The predicted molar refractivity (Wildman–Crippen MR) is 69.0 cm³/mol. The molecule has 0 aromatic rings. The smallest absolute Gasteiger partial charge is 0.224 e. The summed E-state index contributed by atoms with van der Waals surface area (Å²) in [7, 11) is -1.41. The number of hydrogen-bond acceptors (Lipinski definition) is 5. The number of nitrogens with one attached hydrogen (secondary N) is 1. The summed E-state index contributed by atoms with van der Waals surface area (Å²) in [6.07, 6.45) is 0.138. The van der Waals surface area contributed by atoms with Gasteiger partial charge < -0.3 is 15.3 Å². The molecule has 0 saturated carbocycles. The molecule has 1 amide bonds. The fourth-order valence-corrected chi connectivity index (χ4v) is 3.23. The van der Waals surface area contributed by atoms with E-state index in [1.807, 2.05) is 0 Å². The Bertz CT molecular complexity index is 405. The average Bonchev–Trinajstić information content (AvgIpc) is 2.26. The van der Waals surface area contributed by atoms with Crippen molar-refractivity contribution in [3.8, 4) is 0 Å². The second-order valence-corrected chi connectivity index (χ2v) is 7.62. The second kappa shape index (κ2) is 5.54. The van der Waals surface area contributed by atoms with Crippen LogP contribution in [-0.4, -0.2) is 67.6 Å². The SMILES string of the molecule is CN(C(=O)CC1CS(=O)(=O)CCN1)C(C)(C)CO. The zero-order valence-electron chi connectivity index (χ0n) is 11.1. The van der Waals surface area contributed by atoms with E-state index in [9.17, 15) is 18.3 Å². The van der Waals surface area contributed by atoms with Crippen molar-refractivity contribution >= 4 is 15.7 Å². The van der Waals surface area contributed by atoms with Crippen molar-refractivity contribution in [2.45, 2.75) is 31.8 Å². The van der Waals surface area contributed by atoms with Crippen molar-refractivity contribution in [2.75, 3.05) is 31.7 Å². The molecule has 7 heteroatoms. The van der Waals surface area contributed by atoms with Gasteiger partial charge in [0.15, 0.2) is 9.84 Å².